The quantitative estimate of drug-likeness (QED) is 0.817. The zero-order valence-electron chi connectivity index (χ0n) is 12.2. The molecule has 6 nitrogen and oxygen atoms in total. The van der Waals surface area contributed by atoms with Crippen molar-refractivity contribution >= 4 is 21.6 Å². The van der Waals surface area contributed by atoms with Crippen molar-refractivity contribution in [3.05, 3.63) is 24.3 Å². The minimum absolute atomic E-state index is 0.0995. The monoisotopic (exact) mass is 299 g/mol. The molecule has 7 heteroatoms. The molecule has 20 heavy (non-hydrogen) atoms. The molecular weight excluding hydrogens is 278 g/mol. The molecule has 0 bridgehead atoms. The number of hydrogen-bond acceptors (Lipinski definition) is 4. The number of anilines is 1. The van der Waals surface area contributed by atoms with E-state index in [-0.39, 0.29) is 16.8 Å². The van der Waals surface area contributed by atoms with Crippen molar-refractivity contribution in [2.24, 2.45) is 0 Å². The predicted molar refractivity (Wildman–Crippen MR) is 79.1 cm³/mol. The standard InChI is InChI=1S/C13H21N3O3S/c1-5-14-13(17)10(2)15-11-6-8-12(9-7-11)20(18,19)16(3)4/h6-10,15H,5H2,1-4H3,(H,14,17). The molecule has 0 aromatic heterocycles. The number of likely N-dealkylation sites (N-methyl/N-ethyl adjacent to an activating group) is 1. The molecule has 1 aromatic carbocycles. The van der Waals surface area contributed by atoms with E-state index in [0.717, 1.165) is 4.31 Å². The van der Waals surface area contributed by atoms with Crippen LogP contribution in [0.3, 0.4) is 0 Å². The first-order chi connectivity index (χ1) is 9.28. The molecule has 0 fully saturated rings. The predicted octanol–water partition coefficient (Wildman–Crippen LogP) is 0.873. The molecule has 1 rings (SSSR count). The molecule has 1 atom stereocenters. The lowest BCUT2D eigenvalue weighted by atomic mass is 10.2. The lowest BCUT2D eigenvalue weighted by Crippen LogP contribution is -2.37. The van der Waals surface area contributed by atoms with Gasteiger partial charge in [0.15, 0.2) is 0 Å². The molecule has 0 heterocycles. The van der Waals surface area contributed by atoms with Crippen LogP contribution >= 0.6 is 0 Å². The fraction of sp³-hybridized carbons (Fsp3) is 0.462. The summed E-state index contributed by atoms with van der Waals surface area (Å²) in [6.07, 6.45) is 0. The Morgan fingerprint density at radius 1 is 1.25 bits per heavy atom. The van der Waals surface area contributed by atoms with Crippen LogP contribution in [-0.4, -0.2) is 45.3 Å². The summed E-state index contributed by atoms with van der Waals surface area (Å²) >= 11 is 0. The fourth-order valence-corrected chi connectivity index (χ4v) is 2.48. The lowest BCUT2D eigenvalue weighted by molar-refractivity contribution is -0.121. The van der Waals surface area contributed by atoms with Crippen LogP contribution in [0.1, 0.15) is 13.8 Å². The molecule has 0 radical (unpaired) electrons. The van der Waals surface area contributed by atoms with Crippen LogP contribution in [0.2, 0.25) is 0 Å². The largest absolute Gasteiger partial charge is 0.374 e. The van der Waals surface area contributed by atoms with Crippen molar-refractivity contribution in [2.45, 2.75) is 24.8 Å². The van der Waals surface area contributed by atoms with Crippen molar-refractivity contribution in [3.63, 3.8) is 0 Å². The molecule has 1 unspecified atom stereocenters. The van der Waals surface area contributed by atoms with Gasteiger partial charge in [0, 0.05) is 26.3 Å². The Morgan fingerprint density at radius 3 is 2.25 bits per heavy atom. The molecule has 2 N–H and O–H groups in total. The van der Waals surface area contributed by atoms with E-state index in [9.17, 15) is 13.2 Å². The highest BCUT2D eigenvalue weighted by atomic mass is 32.2. The van der Waals surface area contributed by atoms with Crippen molar-refractivity contribution in [1.29, 1.82) is 0 Å². The third-order valence-electron chi connectivity index (χ3n) is 2.76. The molecule has 1 aromatic rings. The van der Waals surface area contributed by atoms with Gasteiger partial charge >= 0.3 is 0 Å². The Bertz CT molecular complexity index is 553. The van der Waals surface area contributed by atoms with E-state index in [1.165, 1.54) is 26.2 Å². The summed E-state index contributed by atoms with van der Waals surface area (Å²) in [6.45, 7) is 4.17. The topological polar surface area (TPSA) is 78.5 Å². The van der Waals surface area contributed by atoms with E-state index < -0.39 is 10.0 Å². The van der Waals surface area contributed by atoms with Gasteiger partial charge in [-0.1, -0.05) is 0 Å². The Kier molecular flexibility index (Phi) is 5.52. The number of nitrogens with one attached hydrogen (secondary N) is 2. The summed E-state index contributed by atoms with van der Waals surface area (Å²) in [7, 11) is -0.451. The minimum Gasteiger partial charge on any atom is -0.374 e. The van der Waals surface area contributed by atoms with Gasteiger partial charge in [-0.25, -0.2) is 12.7 Å². The molecule has 0 aliphatic heterocycles. The van der Waals surface area contributed by atoms with Gasteiger partial charge in [0.25, 0.3) is 0 Å². The number of carbonyl (C=O) groups excluding carboxylic acids is 1. The van der Waals surface area contributed by atoms with E-state index in [4.69, 9.17) is 0 Å². The van der Waals surface area contributed by atoms with Crippen molar-refractivity contribution in [1.82, 2.24) is 9.62 Å². The van der Waals surface area contributed by atoms with E-state index in [1.54, 1.807) is 19.1 Å². The average Bonchev–Trinajstić information content (AvgIpc) is 2.39. The average molecular weight is 299 g/mol. The summed E-state index contributed by atoms with van der Waals surface area (Å²) in [5.41, 5.74) is 0.696. The second-order valence-corrected chi connectivity index (χ2v) is 6.72. The molecule has 0 aliphatic carbocycles. The summed E-state index contributed by atoms with van der Waals surface area (Å²) in [5.74, 6) is -0.0995. The molecule has 0 spiro atoms. The molecule has 0 aliphatic rings. The summed E-state index contributed by atoms with van der Waals surface area (Å²) in [6, 6.07) is 5.94. The number of carbonyl (C=O) groups is 1. The zero-order valence-corrected chi connectivity index (χ0v) is 13.0. The smallest absolute Gasteiger partial charge is 0.242 e. The number of amides is 1. The first-order valence-corrected chi connectivity index (χ1v) is 7.80. The molecule has 0 saturated heterocycles. The fourth-order valence-electron chi connectivity index (χ4n) is 1.58. The second-order valence-electron chi connectivity index (χ2n) is 4.57. The van der Waals surface area contributed by atoms with E-state index >= 15 is 0 Å². The van der Waals surface area contributed by atoms with Crippen molar-refractivity contribution < 1.29 is 13.2 Å². The SMILES string of the molecule is CCNC(=O)C(C)Nc1ccc(S(=O)(=O)N(C)C)cc1. The van der Waals surface area contributed by atoms with Crippen LogP contribution in [0.5, 0.6) is 0 Å². The van der Waals surface area contributed by atoms with Crippen molar-refractivity contribution in [2.75, 3.05) is 26.0 Å². The maximum Gasteiger partial charge on any atom is 0.242 e. The van der Waals surface area contributed by atoms with Gasteiger partial charge in [0.2, 0.25) is 15.9 Å². The van der Waals surface area contributed by atoms with Gasteiger partial charge in [0.1, 0.15) is 6.04 Å². The lowest BCUT2D eigenvalue weighted by Gasteiger charge is -2.15. The van der Waals surface area contributed by atoms with Crippen LogP contribution in [0, 0.1) is 0 Å². The Morgan fingerprint density at radius 2 is 1.80 bits per heavy atom. The number of sulfonamides is 1. The Labute approximate surface area is 120 Å². The third kappa shape index (κ3) is 3.94. The van der Waals surface area contributed by atoms with E-state index in [1.807, 2.05) is 6.92 Å². The number of nitrogens with zero attached hydrogens (tertiary/aromatic N) is 1. The molecular formula is C13H21N3O3S. The Balaban J connectivity index is 2.80. The van der Waals surface area contributed by atoms with Gasteiger partial charge in [-0.05, 0) is 38.1 Å². The maximum absolute atomic E-state index is 11.9. The molecule has 1 amide bonds. The second kappa shape index (κ2) is 6.71. The normalized spacial score (nSPS) is 13.1. The van der Waals surface area contributed by atoms with Crippen LogP contribution in [0.15, 0.2) is 29.2 Å². The molecule has 0 saturated carbocycles. The summed E-state index contributed by atoms with van der Waals surface area (Å²) < 4.78 is 25.0. The van der Waals surface area contributed by atoms with Crippen LogP contribution in [-0.2, 0) is 14.8 Å². The number of benzene rings is 1. The van der Waals surface area contributed by atoms with E-state index in [2.05, 4.69) is 10.6 Å². The maximum atomic E-state index is 11.9. The zero-order chi connectivity index (χ0) is 15.3. The number of hydrogen-bond donors (Lipinski definition) is 2. The van der Waals surface area contributed by atoms with Gasteiger partial charge in [-0.15, -0.1) is 0 Å². The first kappa shape index (κ1) is 16.5. The Hall–Kier alpha value is -1.60. The van der Waals surface area contributed by atoms with Gasteiger partial charge in [-0.3, -0.25) is 4.79 Å². The highest BCUT2D eigenvalue weighted by molar-refractivity contribution is 7.89. The van der Waals surface area contributed by atoms with Gasteiger partial charge < -0.3 is 10.6 Å². The third-order valence-corrected chi connectivity index (χ3v) is 4.59. The number of rotatable bonds is 6. The van der Waals surface area contributed by atoms with Crippen LogP contribution in [0.25, 0.3) is 0 Å². The van der Waals surface area contributed by atoms with Crippen molar-refractivity contribution in [3.8, 4) is 0 Å². The first-order valence-electron chi connectivity index (χ1n) is 6.36. The molecule has 112 valence electrons. The highest BCUT2D eigenvalue weighted by Crippen LogP contribution is 2.17. The van der Waals surface area contributed by atoms with Gasteiger partial charge in [0.05, 0.1) is 4.90 Å². The summed E-state index contributed by atoms with van der Waals surface area (Å²) in [5, 5.41) is 5.73. The van der Waals surface area contributed by atoms with Crippen LogP contribution < -0.4 is 10.6 Å². The van der Waals surface area contributed by atoms with Crippen LogP contribution in [0.4, 0.5) is 5.69 Å². The highest BCUT2D eigenvalue weighted by Gasteiger charge is 2.17. The van der Waals surface area contributed by atoms with Gasteiger partial charge in [-0.2, -0.15) is 0 Å². The summed E-state index contributed by atoms with van der Waals surface area (Å²) in [4.78, 5) is 11.8. The minimum atomic E-state index is -3.42. The van der Waals surface area contributed by atoms with E-state index in [0.29, 0.717) is 12.2 Å².